The quantitative estimate of drug-likeness (QED) is 0.530. The van der Waals surface area contributed by atoms with E-state index in [9.17, 15) is 4.79 Å². The number of rotatable bonds is 10. The molecule has 1 atom stereocenters. The molecule has 0 aromatic heterocycles. The lowest BCUT2D eigenvalue weighted by Gasteiger charge is -2.34. The Morgan fingerprint density at radius 3 is 2.21 bits per heavy atom. The van der Waals surface area contributed by atoms with Gasteiger partial charge < -0.3 is 28.7 Å². The highest BCUT2D eigenvalue weighted by atomic mass is 16.5. The van der Waals surface area contributed by atoms with Gasteiger partial charge in [-0.3, -0.25) is 4.79 Å². The van der Waals surface area contributed by atoms with E-state index in [0.29, 0.717) is 68.4 Å². The minimum absolute atomic E-state index is 0.0420. The van der Waals surface area contributed by atoms with Gasteiger partial charge in [-0.05, 0) is 79.3 Å². The molecule has 0 N–H and O–H groups in total. The molecule has 7 heteroatoms. The highest BCUT2D eigenvalue weighted by Gasteiger charge is 2.29. The maximum atomic E-state index is 13.0. The van der Waals surface area contributed by atoms with E-state index >= 15 is 0 Å². The van der Waals surface area contributed by atoms with E-state index in [0.717, 1.165) is 28.7 Å². The van der Waals surface area contributed by atoms with Crippen LogP contribution in [0.2, 0.25) is 0 Å². The molecule has 2 aromatic rings. The monoisotopic (exact) mass is 471 g/mol. The van der Waals surface area contributed by atoms with Crippen LogP contribution in [0.25, 0.3) is 0 Å². The lowest BCUT2D eigenvalue weighted by atomic mass is 9.77. The Bertz CT molecular complexity index is 1140. The van der Waals surface area contributed by atoms with Crippen LogP contribution in [0.4, 0.5) is 0 Å². The van der Waals surface area contributed by atoms with Crippen molar-refractivity contribution in [3.05, 3.63) is 46.5 Å². The first-order chi connectivity index (χ1) is 17.7. The lowest BCUT2D eigenvalue weighted by Crippen LogP contribution is -2.36. The minimum Gasteiger partial charge on any atom is -0.493 e. The summed E-state index contributed by atoms with van der Waals surface area (Å²) in [4.78, 5) is 16.4. The number of methoxy groups -OCH3 is 4. The topological polar surface area (TPSA) is 60.5 Å². The standard InChI is InChI=1S/C27H36N2O5/c1-28(17-21-11-20-14-25(33-4)26(34-5)16-22(20)21)8-6-9-29-10-7-18-12-23(31-2)24(32-3)13-19(18)15-27(29)30/h12-14,16,21H,6-11,15,17H2,1-5H3/i1D3. The Morgan fingerprint density at radius 1 is 0.941 bits per heavy atom. The number of hydrogen-bond acceptors (Lipinski definition) is 6. The smallest absolute Gasteiger partial charge is 0.227 e. The van der Waals surface area contributed by atoms with Gasteiger partial charge in [0.05, 0.1) is 34.9 Å². The van der Waals surface area contributed by atoms with Crippen LogP contribution in [0.5, 0.6) is 23.0 Å². The average molecular weight is 472 g/mol. The molecule has 1 heterocycles. The van der Waals surface area contributed by atoms with Gasteiger partial charge in [0.15, 0.2) is 23.0 Å². The van der Waals surface area contributed by atoms with Gasteiger partial charge in [-0.2, -0.15) is 0 Å². The fourth-order valence-corrected chi connectivity index (χ4v) is 4.96. The number of amides is 1. The van der Waals surface area contributed by atoms with Crippen molar-refractivity contribution < 1.29 is 27.9 Å². The first kappa shape index (κ1) is 20.4. The zero-order chi connectivity index (χ0) is 26.7. The third-order valence-electron chi connectivity index (χ3n) is 6.90. The lowest BCUT2D eigenvalue weighted by molar-refractivity contribution is -0.130. The molecule has 0 saturated heterocycles. The number of carbonyl (C=O) groups excluding carboxylic acids is 1. The molecular weight excluding hydrogens is 432 g/mol. The van der Waals surface area contributed by atoms with Crippen LogP contribution in [-0.2, 0) is 24.1 Å². The number of carbonyl (C=O) groups is 1. The number of ether oxygens (including phenoxy) is 4. The van der Waals surface area contributed by atoms with Crippen LogP contribution in [-0.4, -0.2) is 77.3 Å². The Balaban J connectivity index is 1.37. The Kier molecular flexibility index (Phi) is 6.35. The van der Waals surface area contributed by atoms with Crippen LogP contribution < -0.4 is 18.9 Å². The van der Waals surface area contributed by atoms with E-state index in [2.05, 4.69) is 0 Å². The molecule has 1 amide bonds. The van der Waals surface area contributed by atoms with E-state index < -0.39 is 6.98 Å². The summed E-state index contributed by atoms with van der Waals surface area (Å²) < 4.78 is 45.9. The third-order valence-corrected chi connectivity index (χ3v) is 6.90. The molecule has 0 radical (unpaired) electrons. The van der Waals surface area contributed by atoms with Crippen LogP contribution in [0.1, 0.15) is 38.7 Å². The number of likely N-dealkylation sites (N-methyl/N-ethyl adjacent to an activating group) is 1. The molecule has 7 nitrogen and oxygen atoms in total. The summed E-state index contributed by atoms with van der Waals surface area (Å²) in [6.45, 7) is -0.295. The summed E-state index contributed by atoms with van der Waals surface area (Å²) in [7, 11) is 6.40. The van der Waals surface area contributed by atoms with Crippen LogP contribution in [0.3, 0.4) is 0 Å². The van der Waals surface area contributed by atoms with Crippen LogP contribution >= 0.6 is 0 Å². The van der Waals surface area contributed by atoms with Crippen molar-refractivity contribution in [1.29, 1.82) is 0 Å². The maximum Gasteiger partial charge on any atom is 0.227 e. The molecule has 0 saturated carbocycles. The van der Waals surface area contributed by atoms with Gasteiger partial charge in [-0.1, -0.05) is 0 Å². The second-order valence-electron chi connectivity index (χ2n) is 8.89. The van der Waals surface area contributed by atoms with Crippen LogP contribution in [0.15, 0.2) is 24.3 Å². The molecule has 34 heavy (non-hydrogen) atoms. The summed E-state index contributed by atoms with van der Waals surface area (Å²) >= 11 is 0. The van der Waals surface area contributed by atoms with Gasteiger partial charge in [-0.15, -0.1) is 0 Å². The van der Waals surface area contributed by atoms with Crippen molar-refractivity contribution in [2.75, 3.05) is 61.6 Å². The van der Waals surface area contributed by atoms with Crippen LogP contribution in [0, 0.1) is 0 Å². The zero-order valence-corrected chi connectivity index (χ0v) is 20.5. The van der Waals surface area contributed by atoms with Crippen molar-refractivity contribution in [3.63, 3.8) is 0 Å². The first-order valence-corrected chi connectivity index (χ1v) is 11.7. The highest BCUT2D eigenvalue weighted by molar-refractivity contribution is 5.80. The average Bonchev–Trinajstić information content (AvgIpc) is 3.01. The summed E-state index contributed by atoms with van der Waals surface area (Å²) in [5.74, 6) is 2.78. The van der Waals surface area contributed by atoms with Gasteiger partial charge in [0.25, 0.3) is 0 Å². The molecule has 2 aliphatic rings. The second-order valence-corrected chi connectivity index (χ2v) is 8.89. The number of fused-ring (bicyclic) bond motifs is 2. The molecular formula is C27H36N2O5. The molecule has 1 unspecified atom stereocenters. The predicted molar refractivity (Wildman–Crippen MR) is 132 cm³/mol. The number of benzene rings is 2. The van der Waals surface area contributed by atoms with Crippen molar-refractivity contribution in [1.82, 2.24) is 9.80 Å². The molecule has 0 spiro atoms. The summed E-state index contributed by atoms with van der Waals surface area (Å²) in [5, 5.41) is 0. The van der Waals surface area contributed by atoms with Crippen molar-refractivity contribution >= 4 is 5.91 Å². The van der Waals surface area contributed by atoms with Gasteiger partial charge in [0, 0.05) is 29.7 Å². The van der Waals surface area contributed by atoms with Gasteiger partial charge >= 0.3 is 0 Å². The largest absolute Gasteiger partial charge is 0.493 e. The Morgan fingerprint density at radius 2 is 1.56 bits per heavy atom. The summed E-state index contributed by atoms with van der Waals surface area (Å²) in [6.07, 6.45) is 2.40. The van der Waals surface area contributed by atoms with E-state index in [1.54, 1.807) is 33.3 Å². The molecule has 184 valence electrons. The molecule has 1 aliphatic heterocycles. The third kappa shape index (κ3) is 4.94. The molecule has 1 aliphatic carbocycles. The predicted octanol–water partition coefficient (Wildman–Crippen LogP) is 3.31. The minimum atomic E-state index is -2.21. The molecule has 4 rings (SSSR count). The van der Waals surface area contributed by atoms with E-state index in [1.165, 1.54) is 0 Å². The summed E-state index contributed by atoms with van der Waals surface area (Å²) in [5.41, 5.74) is 4.30. The van der Waals surface area contributed by atoms with E-state index in [1.807, 2.05) is 29.2 Å². The van der Waals surface area contributed by atoms with Gasteiger partial charge in [0.1, 0.15) is 0 Å². The fraction of sp³-hybridized carbons (Fsp3) is 0.519. The zero-order valence-electron chi connectivity index (χ0n) is 23.5. The van der Waals surface area contributed by atoms with Gasteiger partial charge in [-0.25, -0.2) is 0 Å². The normalized spacial score (nSPS) is 18.6. The second kappa shape index (κ2) is 10.6. The number of nitrogens with zero attached hydrogens (tertiary/aromatic N) is 2. The van der Waals surface area contributed by atoms with E-state index in [-0.39, 0.29) is 11.8 Å². The van der Waals surface area contributed by atoms with Crippen molar-refractivity contribution in [2.24, 2.45) is 0 Å². The Hall–Kier alpha value is -2.93. The van der Waals surface area contributed by atoms with Crippen molar-refractivity contribution in [2.45, 2.75) is 31.6 Å². The summed E-state index contributed by atoms with van der Waals surface area (Å²) in [6, 6.07) is 7.76. The molecule has 2 aromatic carbocycles. The van der Waals surface area contributed by atoms with Gasteiger partial charge in [0.2, 0.25) is 5.91 Å². The highest BCUT2D eigenvalue weighted by Crippen LogP contribution is 2.42. The maximum absolute atomic E-state index is 13.0. The van der Waals surface area contributed by atoms with Crippen molar-refractivity contribution in [3.8, 4) is 23.0 Å². The Labute approximate surface area is 206 Å². The molecule has 0 fully saturated rings. The fourth-order valence-electron chi connectivity index (χ4n) is 4.96. The van der Waals surface area contributed by atoms with E-state index in [4.69, 9.17) is 23.1 Å². The first-order valence-electron chi connectivity index (χ1n) is 13.2. The number of hydrogen-bond donors (Lipinski definition) is 0. The SMILES string of the molecule is [2H]C([2H])([2H])N(CCCN1CCc2cc(OC)c(OC)cc2CC1=O)CC1Cc2cc(OC)c(OC)cc21. The molecule has 0 bridgehead atoms.